The van der Waals surface area contributed by atoms with Crippen LogP contribution >= 0.6 is 0 Å². The first kappa shape index (κ1) is 19.3. The van der Waals surface area contributed by atoms with Gasteiger partial charge in [-0.05, 0) is 32.0 Å². The molecule has 0 radical (unpaired) electrons. The molecule has 0 aromatic heterocycles. The third kappa shape index (κ3) is 5.51. The number of carbonyl (C=O) groups excluding carboxylic acids is 2. The lowest BCUT2D eigenvalue weighted by atomic mass is 10.1. The fraction of sp³-hybridized carbons (Fsp3) is 0.556. The lowest BCUT2D eigenvalue weighted by molar-refractivity contribution is -0.123. The lowest BCUT2D eigenvalue weighted by Gasteiger charge is -2.36. The summed E-state index contributed by atoms with van der Waals surface area (Å²) in [5, 5.41) is 2.89. The average molecular weight is 351 g/mol. The van der Waals surface area contributed by atoms with E-state index in [-0.39, 0.29) is 23.5 Å². The van der Waals surface area contributed by atoms with Crippen molar-refractivity contribution in [1.29, 1.82) is 0 Å². The molecule has 1 aromatic carbocycles. The number of amides is 1. The Hall–Kier alpha value is -1.99. The molecule has 2 rings (SSSR count). The van der Waals surface area contributed by atoms with Crippen molar-refractivity contribution in [1.82, 2.24) is 10.2 Å². The molecule has 138 valence electrons. The van der Waals surface area contributed by atoms with Crippen molar-refractivity contribution >= 4 is 17.4 Å². The van der Waals surface area contributed by atoms with E-state index in [2.05, 4.69) is 5.32 Å². The summed E-state index contributed by atoms with van der Waals surface area (Å²) in [5.41, 5.74) is 0.879. The van der Waals surface area contributed by atoms with E-state index in [0.29, 0.717) is 50.6 Å². The highest BCUT2D eigenvalue weighted by Crippen LogP contribution is 2.22. The summed E-state index contributed by atoms with van der Waals surface area (Å²) >= 11 is 0. The number of Topliss-reactive ketones (excluding diaryl/α,β-unsaturated/α-hetero) is 1. The van der Waals surface area contributed by atoms with Crippen LogP contribution in [0.15, 0.2) is 18.2 Å². The second kappa shape index (κ2) is 8.92. The van der Waals surface area contributed by atoms with E-state index in [4.69, 9.17) is 4.74 Å². The number of nitrogens with one attached hydrogen (secondary N) is 1. The van der Waals surface area contributed by atoms with Gasteiger partial charge in [-0.3, -0.25) is 14.5 Å². The van der Waals surface area contributed by atoms with Crippen molar-refractivity contribution in [2.75, 3.05) is 51.3 Å². The normalized spacial score (nSPS) is 16.6. The number of nitrogens with zero attached hydrogens (tertiary/aromatic N) is 2. The summed E-state index contributed by atoms with van der Waals surface area (Å²) in [6, 6.07) is 4.57. The van der Waals surface area contributed by atoms with Gasteiger partial charge in [0.15, 0.2) is 5.78 Å². The number of hydrogen-bond donors (Lipinski definition) is 1. The van der Waals surface area contributed by atoms with Gasteiger partial charge in [-0.1, -0.05) is 0 Å². The van der Waals surface area contributed by atoms with Crippen molar-refractivity contribution in [2.24, 2.45) is 0 Å². The molecular weight excluding hydrogens is 325 g/mol. The predicted octanol–water partition coefficient (Wildman–Crippen LogP) is 1.30. The number of rotatable bonds is 7. The molecule has 0 bridgehead atoms. The van der Waals surface area contributed by atoms with Crippen LogP contribution in [0, 0.1) is 5.82 Å². The van der Waals surface area contributed by atoms with Crippen LogP contribution in [0.25, 0.3) is 0 Å². The molecule has 1 aliphatic heterocycles. The zero-order chi connectivity index (χ0) is 18.4. The summed E-state index contributed by atoms with van der Waals surface area (Å²) in [5.74, 6) is -0.564. The highest BCUT2D eigenvalue weighted by molar-refractivity contribution is 5.94. The fourth-order valence-corrected chi connectivity index (χ4v) is 2.94. The molecule has 0 saturated carbocycles. The molecule has 0 spiro atoms. The summed E-state index contributed by atoms with van der Waals surface area (Å²) in [7, 11) is 1.60. The first-order chi connectivity index (χ1) is 11.9. The van der Waals surface area contributed by atoms with E-state index in [1.165, 1.54) is 13.0 Å². The summed E-state index contributed by atoms with van der Waals surface area (Å²) in [6.45, 7) is 6.76. The molecular formula is C18H26FN3O3. The first-order valence-electron chi connectivity index (χ1n) is 8.46. The van der Waals surface area contributed by atoms with Crippen LogP contribution < -0.4 is 10.2 Å². The predicted molar refractivity (Wildman–Crippen MR) is 94.5 cm³/mol. The molecule has 1 fully saturated rings. The number of ketones is 1. The molecule has 1 atom stereocenters. The molecule has 1 aromatic rings. The van der Waals surface area contributed by atoms with Crippen LogP contribution in [0.5, 0.6) is 0 Å². The zero-order valence-electron chi connectivity index (χ0n) is 15.0. The molecule has 1 saturated heterocycles. The van der Waals surface area contributed by atoms with Crippen molar-refractivity contribution < 1.29 is 18.7 Å². The number of carbonyl (C=O) groups is 2. The third-order valence-corrected chi connectivity index (χ3v) is 4.26. The molecule has 0 aliphatic carbocycles. The maximum Gasteiger partial charge on any atom is 0.234 e. The van der Waals surface area contributed by atoms with Gasteiger partial charge in [0.25, 0.3) is 0 Å². The van der Waals surface area contributed by atoms with E-state index in [1.807, 2.05) is 16.7 Å². The molecule has 1 amide bonds. The van der Waals surface area contributed by atoms with E-state index >= 15 is 0 Å². The molecule has 1 unspecified atom stereocenters. The van der Waals surface area contributed by atoms with Gasteiger partial charge in [-0.25, -0.2) is 4.39 Å². The summed E-state index contributed by atoms with van der Waals surface area (Å²) in [6.07, 6.45) is 0. The lowest BCUT2D eigenvalue weighted by Crippen LogP contribution is -2.50. The Kier molecular flexibility index (Phi) is 6.90. The number of anilines is 1. The summed E-state index contributed by atoms with van der Waals surface area (Å²) in [4.78, 5) is 27.3. The Balaban J connectivity index is 1.85. The van der Waals surface area contributed by atoms with E-state index in [1.54, 1.807) is 19.2 Å². The van der Waals surface area contributed by atoms with Crippen molar-refractivity contribution in [3.8, 4) is 0 Å². The smallest absolute Gasteiger partial charge is 0.234 e. The maximum absolute atomic E-state index is 14.2. The zero-order valence-corrected chi connectivity index (χ0v) is 15.0. The van der Waals surface area contributed by atoms with Crippen LogP contribution in [0.2, 0.25) is 0 Å². The maximum atomic E-state index is 14.2. The Bertz CT molecular complexity index is 616. The fourth-order valence-electron chi connectivity index (χ4n) is 2.94. The van der Waals surface area contributed by atoms with Crippen LogP contribution in [-0.2, 0) is 9.53 Å². The van der Waals surface area contributed by atoms with Gasteiger partial charge in [0, 0.05) is 44.9 Å². The Morgan fingerprint density at radius 1 is 1.28 bits per heavy atom. The second-order valence-corrected chi connectivity index (χ2v) is 6.41. The van der Waals surface area contributed by atoms with E-state index < -0.39 is 0 Å². The number of ether oxygens (including phenoxy) is 1. The quantitative estimate of drug-likeness (QED) is 0.751. The van der Waals surface area contributed by atoms with Gasteiger partial charge in [-0.15, -0.1) is 0 Å². The van der Waals surface area contributed by atoms with Crippen LogP contribution in [0.4, 0.5) is 10.1 Å². The van der Waals surface area contributed by atoms with E-state index in [0.717, 1.165) is 0 Å². The minimum atomic E-state index is -0.382. The standard InChI is InChI=1S/C18H26FN3O3/c1-13(12-25-3)20-18(24)11-21-6-8-22(9-7-21)17-5-4-15(14(2)23)10-16(17)19/h4-5,10,13H,6-9,11-12H2,1-3H3,(H,20,24). The van der Waals surface area contributed by atoms with Crippen molar-refractivity contribution in [2.45, 2.75) is 19.9 Å². The average Bonchev–Trinajstić information content (AvgIpc) is 2.55. The van der Waals surface area contributed by atoms with Crippen LogP contribution in [-0.4, -0.2) is 69.1 Å². The largest absolute Gasteiger partial charge is 0.383 e. The van der Waals surface area contributed by atoms with Crippen molar-refractivity contribution in [3.63, 3.8) is 0 Å². The topological polar surface area (TPSA) is 61.9 Å². The first-order valence-corrected chi connectivity index (χ1v) is 8.46. The molecule has 6 nitrogen and oxygen atoms in total. The number of piperazine rings is 1. The molecule has 1 aliphatic rings. The van der Waals surface area contributed by atoms with Gasteiger partial charge in [-0.2, -0.15) is 0 Å². The minimum absolute atomic E-state index is 0.0207. The molecule has 1 heterocycles. The third-order valence-electron chi connectivity index (χ3n) is 4.26. The number of methoxy groups -OCH3 is 1. The number of benzene rings is 1. The SMILES string of the molecule is COCC(C)NC(=O)CN1CCN(c2ccc(C(C)=O)cc2F)CC1. The Morgan fingerprint density at radius 2 is 1.96 bits per heavy atom. The van der Waals surface area contributed by atoms with Crippen molar-refractivity contribution in [3.05, 3.63) is 29.6 Å². The highest BCUT2D eigenvalue weighted by atomic mass is 19.1. The highest BCUT2D eigenvalue weighted by Gasteiger charge is 2.21. The summed E-state index contributed by atoms with van der Waals surface area (Å²) < 4.78 is 19.2. The number of halogens is 1. The molecule has 7 heteroatoms. The van der Waals surface area contributed by atoms with Gasteiger partial charge in [0.05, 0.1) is 18.8 Å². The monoisotopic (exact) mass is 351 g/mol. The van der Waals surface area contributed by atoms with E-state index in [9.17, 15) is 14.0 Å². The number of hydrogen-bond acceptors (Lipinski definition) is 5. The van der Waals surface area contributed by atoms with Crippen LogP contribution in [0.3, 0.4) is 0 Å². The van der Waals surface area contributed by atoms with Crippen LogP contribution in [0.1, 0.15) is 24.2 Å². The van der Waals surface area contributed by atoms with Gasteiger partial charge < -0.3 is 15.0 Å². The molecule has 25 heavy (non-hydrogen) atoms. The van der Waals surface area contributed by atoms with Gasteiger partial charge in [0.1, 0.15) is 5.82 Å². The van der Waals surface area contributed by atoms with Gasteiger partial charge in [0.2, 0.25) is 5.91 Å². The Labute approximate surface area is 147 Å². The van der Waals surface area contributed by atoms with Gasteiger partial charge >= 0.3 is 0 Å². The Morgan fingerprint density at radius 3 is 2.52 bits per heavy atom. The second-order valence-electron chi connectivity index (χ2n) is 6.41. The molecule has 1 N–H and O–H groups in total. The minimum Gasteiger partial charge on any atom is -0.383 e.